The molecule has 4 aromatic carbocycles. The summed E-state index contributed by atoms with van der Waals surface area (Å²) in [5.41, 5.74) is 3.23. The fraction of sp³-hybridized carbons (Fsp3) is 0.250. The lowest BCUT2D eigenvalue weighted by Crippen LogP contribution is -2.33. The Balaban J connectivity index is 0.00000235. The minimum absolute atomic E-state index is 0.134. The number of ether oxygens (including phenoxy) is 2. The molecule has 0 aromatic heterocycles. The average Bonchev–Trinajstić information content (AvgIpc) is 3.14. The van der Waals surface area contributed by atoms with E-state index in [0.717, 1.165) is 5.69 Å². The summed E-state index contributed by atoms with van der Waals surface area (Å²) in [6, 6.07) is 31.8. The quantitative estimate of drug-likeness (QED) is 0.0318. The van der Waals surface area contributed by atoms with Crippen molar-refractivity contribution in [3.63, 3.8) is 0 Å². The molecule has 6 N–H and O–H groups in total. The molecule has 4 aromatic rings. The summed E-state index contributed by atoms with van der Waals surface area (Å²) in [4.78, 5) is 33.7. The van der Waals surface area contributed by atoms with E-state index in [4.69, 9.17) is 9.47 Å². The van der Waals surface area contributed by atoms with Gasteiger partial charge in [0.15, 0.2) is 0 Å². The summed E-state index contributed by atoms with van der Waals surface area (Å²) in [6.07, 6.45) is 1.25. The first-order valence-corrected chi connectivity index (χ1v) is 17.1. The maximum absolute atomic E-state index is 12.6. The third-order valence-corrected chi connectivity index (χ3v) is 6.66. The zero-order valence-electron chi connectivity index (χ0n) is 30.0. The van der Waals surface area contributed by atoms with E-state index in [2.05, 4.69) is 57.0 Å². The molecular weight excluding hydrogens is 658 g/mol. The Morgan fingerprint density at radius 3 is 1.87 bits per heavy atom. The van der Waals surface area contributed by atoms with E-state index >= 15 is 0 Å². The number of phenolic OH excluding ortho intramolecular Hbond substituents is 1. The molecule has 2 amide bonds. The number of aliphatic imine (C=N–C) groups is 2. The predicted octanol–water partition coefficient (Wildman–Crippen LogP) is 6.88. The highest BCUT2D eigenvalue weighted by atomic mass is 16.5. The Hall–Kier alpha value is -5.98. The number of amides is 2. The number of phenols is 1. The number of nitrogens with one attached hydrogen (secondary N) is 5. The maximum atomic E-state index is 12.6. The van der Waals surface area contributed by atoms with Crippen LogP contribution < -0.4 is 26.6 Å². The number of nitrogens with zero attached hydrogens (tertiary/aromatic N) is 2. The average molecular weight is 708 g/mol. The Morgan fingerprint density at radius 2 is 1.21 bits per heavy atom. The summed E-state index contributed by atoms with van der Waals surface area (Å²) in [7, 11) is 0. The van der Waals surface area contributed by atoms with Crippen LogP contribution in [0.15, 0.2) is 132 Å². The zero-order chi connectivity index (χ0) is 37.4. The third kappa shape index (κ3) is 16.2. The number of aromatic hydroxyl groups is 1. The van der Waals surface area contributed by atoms with Crippen LogP contribution >= 0.6 is 0 Å². The maximum Gasteiger partial charge on any atom is 0.255 e. The number of guanidine groups is 1. The van der Waals surface area contributed by atoms with E-state index in [1.165, 1.54) is 6.42 Å². The molecule has 12 heteroatoms. The summed E-state index contributed by atoms with van der Waals surface area (Å²) in [5.74, 6) is 1.05. The summed E-state index contributed by atoms with van der Waals surface area (Å²) < 4.78 is 11.1. The Labute approximate surface area is 306 Å². The van der Waals surface area contributed by atoms with Gasteiger partial charge in [0.25, 0.3) is 11.8 Å². The first-order valence-electron chi connectivity index (χ1n) is 17.1. The number of hydrogen-bond donors (Lipinski definition) is 6. The normalized spacial score (nSPS) is 11.1. The molecule has 0 saturated heterocycles. The van der Waals surface area contributed by atoms with E-state index in [0.29, 0.717) is 79.6 Å². The molecule has 0 bridgehead atoms. The van der Waals surface area contributed by atoms with Crippen molar-refractivity contribution >= 4 is 40.7 Å². The number of hydrogen-bond acceptors (Lipinski definition) is 7. The molecule has 274 valence electrons. The number of benzene rings is 4. The van der Waals surface area contributed by atoms with E-state index < -0.39 is 0 Å². The van der Waals surface area contributed by atoms with Gasteiger partial charge in [-0.15, -0.1) is 0 Å². The molecule has 0 atom stereocenters. The largest absolute Gasteiger partial charge is 0.508 e. The first-order chi connectivity index (χ1) is 25.3. The van der Waals surface area contributed by atoms with Gasteiger partial charge in [-0.05, 0) is 79.7 Å². The highest BCUT2D eigenvalue weighted by Crippen LogP contribution is 2.15. The smallest absolute Gasteiger partial charge is 0.255 e. The van der Waals surface area contributed by atoms with Crippen LogP contribution in [-0.4, -0.2) is 68.2 Å². The predicted molar refractivity (Wildman–Crippen MR) is 210 cm³/mol. The third-order valence-electron chi connectivity index (χ3n) is 6.66. The molecule has 0 aliphatic carbocycles. The zero-order valence-corrected chi connectivity index (χ0v) is 30.0. The number of amidine groups is 1. The molecule has 0 fully saturated rings. The van der Waals surface area contributed by atoms with Crippen LogP contribution in [0, 0.1) is 0 Å². The van der Waals surface area contributed by atoms with Crippen molar-refractivity contribution in [2.75, 3.05) is 55.5 Å². The summed E-state index contributed by atoms with van der Waals surface area (Å²) in [6.45, 7) is 12.4. The van der Waals surface area contributed by atoms with E-state index in [1.54, 1.807) is 67.6 Å². The van der Waals surface area contributed by atoms with Gasteiger partial charge in [0.2, 0.25) is 5.96 Å². The fourth-order valence-electron chi connectivity index (χ4n) is 4.27. The topological polar surface area (TPSA) is 158 Å². The second-order valence-corrected chi connectivity index (χ2v) is 11.2. The van der Waals surface area contributed by atoms with Gasteiger partial charge >= 0.3 is 0 Å². The monoisotopic (exact) mass is 707 g/mol. The van der Waals surface area contributed by atoms with Crippen molar-refractivity contribution in [3.05, 3.63) is 133 Å². The van der Waals surface area contributed by atoms with Crippen LogP contribution in [0.3, 0.4) is 0 Å². The van der Waals surface area contributed by atoms with Crippen LogP contribution in [0.1, 0.15) is 47.9 Å². The van der Waals surface area contributed by atoms with Gasteiger partial charge in [-0.25, -0.2) is 4.99 Å². The molecule has 0 unspecified atom stereocenters. The van der Waals surface area contributed by atoms with Crippen LogP contribution in [0.25, 0.3) is 0 Å². The van der Waals surface area contributed by atoms with Gasteiger partial charge in [0, 0.05) is 34.7 Å². The Morgan fingerprint density at radius 1 is 0.673 bits per heavy atom. The van der Waals surface area contributed by atoms with Gasteiger partial charge in [-0.1, -0.05) is 63.2 Å². The lowest BCUT2D eigenvalue weighted by atomic mass is 10.2. The molecule has 0 heterocycles. The number of anilines is 3. The van der Waals surface area contributed by atoms with Gasteiger partial charge in [0.05, 0.1) is 33.0 Å². The second kappa shape index (κ2) is 23.4. The molecule has 0 spiro atoms. The fourth-order valence-corrected chi connectivity index (χ4v) is 4.27. The molecular formula is C40H49N7O5. The van der Waals surface area contributed by atoms with Crippen molar-refractivity contribution < 1.29 is 24.2 Å². The van der Waals surface area contributed by atoms with Gasteiger partial charge in [0.1, 0.15) is 17.4 Å². The van der Waals surface area contributed by atoms with Crippen molar-refractivity contribution in [1.29, 1.82) is 0 Å². The van der Waals surface area contributed by atoms with Crippen molar-refractivity contribution in [3.8, 4) is 5.75 Å². The van der Waals surface area contributed by atoms with Crippen molar-refractivity contribution in [1.82, 2.24) is 10.6 Å². The van der Waals surface area contributed by atoms with Crippen LogP contribution in [0.2, 0.25) is 0 Å². The molecule has 0 aliphatic heterocycles. The molecule has 4 rings (SSSR count). The van der Waals surface area contributed by atoms with Gasteiger partial charge in [-0.3, -0.25) is 14.6 Å². The minimum atomic E-state index is -0.211. The SMILES string of the molecule is C=C(NC(=NC(C)=NCCOCCOCCNC(=O)c1ccccc1)Nc1ccc(O)cc1)Nc1ccc(C(=O)Nc2ccccc2)cc1.CCC. The summed E-state index contributed by atoms with van der Waals surface area (Å²) >= 11 is 0. The molecule has 52 heavy (non-hydrogen) atoms. The number of para-hydroxylation sites is 1. The van der Waals surface area contributed by atoms with Crippen LogP contribution in [0.5, 0.6) is 5.75 Å². The summed E-state index contributed by atoms with van der Waals surface area (Å²) in [5, 5.41) is 24.8. The Kier molecular flexibility index (Phi) is 18.2. The standard InChI is InChI=1S/C37H41N7O5.C3H8/c1-27(38-21-23-48-25-26-49-24-22-39-35(46)29-9-5-3-6-10-29)41-37(44-33-17-19-34(45)20-18-33)42-28(2)40-32-15-13-30(14-16-32)36(47)43-31-11-7-4-8-12-31;1-3-2/h3-20,40,45H,2,21-26H2,1H3,(H,39,46)(H,43,47)(H2,38,41,42,44);3H2,1-2H3. The van der Waals surface area contributed by atoms with Crippen molar-refractivity contribution in [2.45, 2.75) is 27.2 Å². The van der Waals surface area contributed by atoms with Gasteiger partial charge in [-0.2, -0.15) is 0 Å². The van der Waals surface area contributed by atoms with Gasteiger partial charge < -0.3 is 41.2 Å². The first kappa shape index (κ1) is 40.4. The lowest BCUT2D eigenvalue weighted by Gasteiger charge is -2.16. The van der Waals surface area contributed by atoms with E-state index in [-0.39, 0.29) is 17.6 Å². The van der Waals surface area contributed by atoms with E-state index in [9.17, 15) is 14.7 Å². The van der Waals surface area contributed by atoms with Crippen LogP contribution in [-0.2, 0) is 9.47 Å². The number of rotatable bonds is 16. The molecule has 0 aliphatic rings. The highest BCUT2D eigenvalue weighted by Gasteiger charge is 2.08. The van der Waals surface area contributed by atoms with Crippen LogP contribution in [0.4, 0.5) is 17.1 Å². The molecule has 0 saturated carbocycles. The molecule has 0 radical (unpaired) electrons. The number of carbonyl (C=O) groups is 2. The second-order valence-electron chi connectivity index (χ2n) is 11.2. The minimum Gasteiger partial charge on any atom is -0.508 e. The lowest BCUT2D eigenvalue weighted by molar-refractivity contribution is 0.0512. The number of carbonyl (C=O) groups excluding carboxylic acids is 2. The van der Waals surface area contributed by atoms with Crippen molar-refractivity contribution in [2.24, 2.45) is 9.98 Å². The highest BCUT2D eigenvalue weighted by molar-refractivity contribution is 6.04. The Bertz CT molecular complexity index is 1710. The molecule has 12 nitrogen and oxygen atoms in total. The van der Waals surface area contributed by atoms with E-state index in [1.807, 2.05) is 48.5 Å².